The zero-order valence-electron chi connectivity index (χ0n) is 17.0. The molecule has 0 atom stereocenters. The number of anilines is 1. The molecule has 1 N–H and O–H groups in total. The zero-order valence-corrected chi connectivity index (χ0v) is 17.8. The number of benzene rings is 2. The topological polar surface area (TPSA) is 80.5 Å². The Kier molecular flexibility index (Phi) is 6.71. The lowest BCUT2D eigenvalue weighted by Gasteiger charge is -2.19. The largest absolute Gasteiger partial charge is 0.497 e. The summed E-state index contributed by atoms with van der Waals surface area (Å²) >= 11 is 1.29. The predicted molar refractivity (Wildman–Crippen MR) is 119 cm³/mol. The van der Waals surface area contributed by atoms with Gasteiger partial charge in [-0.2, -0.15) is 0 Å². The molecule has 0 aliphatic carbocycles. The van der Waals surface area contributed by atoms with Gasteiger partial charge in [-0.05, 0) is 42.0 Å². The Balaban J connectivity index is 1.43. The summed E-state index contributed by atoms with van der Waals surface area (Å²) in [6, 6.07) is 21.2. The van der Waals surface area contributed by atoms with Crippen LogP contribution in [0.15, 0.2) is 77.4 Å². The smallest absolute Gasteiger partial charge is 0.286 e. The van der Waals surface area contributed by atoms with Crippen molar-refractivity contribution < 1.29 is 13.9 Å². The van der Waals surface area contributed by atoms with Gasteiger partial charge in [0, 0.05) is 12.2 Å². The van der Waals surface area contributed by atoms with E-state index in [2.05, 4.69) is 32.5 Å². The lowest BCUT2D eigenvalue weighted by Crippen LogP contribution is -2.22. The summed E-state index contributed by atoms with van der Waals surface area (Å²) in [5.41, 5.74) is 1.86. The minimum Gasteiger partial charge on any atom is -0.497 e. The minimum absolute atomic E-state index is 0.283. The molecule has 0 radical (unpaired) electrons. The number of aromatic nitrogens is 2. The highest BCUT2D eigenvalue weighted by Gasteiger charge is 2.17. The summed E-state index contributed by atoms with van der Waals surface area (Å²) in [5.74, 6) is 1.32. The summed E-state index contributed by atoms with van der Waals surface area (Å²) < 4.78 is 10.7. The molecule has 0 saturated heterocycles. The summed E-state index contributed by atoms with van der Waals surface area (Å²) in [5, 5.41) is 12.2. The van der Waals surface area contributed by atoms with Gasteiger partial charge in [0.15, 0.2) is 0 Å². The number of nitrogens with zero attached hydrogens (tertiary/aromatic N) is 3. The highest BCUT2D eigenvalue weighted by atomic mass is 32.1. The summed E-state index contributed by atoms with van der Waals surface area (Å²) in [6.07, 6.45) is 1.67. The van der Waals surface area contributed by atoms with Crippen molar-refractivity contribution in [3.05, 3.63) is 94.3 Å². The lowest BCUT2D eigenvalue weighted by molar-refractivity contribution is 0.102. The molecular formula is C23H22N4O3S. The van der Waals surface area contributed by atoms with Crippen LogP contribution in [0.2, 0.25) is 0 Å². The number of hydrogen-bond acceptors (Lipinski definition) is 7. The lowest BCUT2D eigenvalue weighted by atomic mass is 10.2. The Hall–Kier alpha value is -3.49. The average Bonchev–Trinajstić information content (AvgIpc) is 3.47. The quantitative estimate of drug-likeness (QED) is 0.415. The maximum atomic E-state index is 12.6. The van der Waals surface area contributed by atoms with E-state index in [1.165, 1.54) is 16.9 Å². The fourth-order valence-electron chi connectivity index (χ4n) is 3.09. The SMILES string of the molecule is COc1ccc(NC(=O)c2nnc(CN(Cc3ccccc3)Cc3ccco3)s2)cc1. The summed E-state index contributed by atoms with van der Waals surface area (Å²) in [6.45, 7) is 1.92. The van der Waals surface area contributed by atoms with Crippen molar-refractivity contribution in [1.82, 2.24) is 15.1 Å². The average molecular weight is 435 g/mol. The number of carbonyl (C=O) groups excluding carboxylic acids is 1. The molecule has 0 unspecified atom stereocenters. The van der Waals surface area contributed by atoms with E-state index in [0.717, 1.165) is 23.1 Å². The number of methoxy groups -OCH3 is 1. The number of hydrogen-bond donors (Lipinski definition) is 1. The van der Waals surface area contributed by atoms with Crippen LogP contribution in [-0.4, -0.2) is 28.1 Å². The molecule has 7 nitrogen and oxygen atoms in total. The second-order valence-electron chi connectivity index (χ2n) is 6.89. The Morgan fingerprint density at radius 1 is 1.00 bits per heavy atom. The van der Waals surface area contributed by atoms with Gasteiger partial charge in [0.25, 0.3) is 5.91 Å². The molecule has 8 heteroatoms. The molecule has 0 aliphatic rings. The molecule has 0 aliphatic heterocycles. The fraction of sp³-hybridized carbons (Fsp3) is 0.174. The number of nitrogens with one attached hydrogen (secondary N) is 1. The first-order valence-electron chi connectivity index (χ1n) is 9.76. The Morgan fingerprint density at radius 2 is 1.81 bits per heavy atom. The van der Waals surface area contributed by atoms with Crippen LogP contribution < -0.4 is 10.1 Å². The van der Waals surface area contributed by atoms with E-state index >= 15 is 0 Å². The molecular weight excluding hydrogens is 412 g/mol. The van der Waals surface area contributed by atoms with Crippen LogP contribution in [0.4, 0.5) is 5.69 Å². The van der Waals surface area contributed by atoms with Crippen molar-refractivity contribution in [3.8, 4) is 5.75 Å². The van der Waals surface area contributed by atoms with Crippen molar-refractivity contribution in [2.24, 2.45) is 0 Å². The number of rotatable bonds is 9. The van der Waals surface area contributed by atoms with Gasteiger partial charge >= 0.3 is 0 Å². The van der Waals surface area contributed by atoms with Gasteiger partial charge < -0.3 is 14.5 Å². The van der Waals surface area contributed by atoms with Gasteiger partial charge in [-0.15, -0.1) is 10.2 Å². The number of carbonyl (C=O) groups is 1. The molecule has 4 aromatic rings. The molecule has 0 fully saturated rings. The second kappa shape index (κ2) is 10.0. The van der Waals surface area contributed by atoms with Crippen molar-refractivity contribution in [2.75, 3.05) is 12.4 Å². The van der Waals surface area contributed by atoms with Crippen molar-refractivity contribution in [2.45, 2.75) is 19.6 Å². The third-order valence-electron chi connectivity index (χ3n) is 4.58. The van der Waals surface area contributed by atoms with Crippen LogP contribution in [0.3, 0.4) is 0 Å². The van der Waals surface area contributed by atoms with Crippen LogP contribution in [0.5, 0.6) is 5.75 Å². The highest BCUT2D eigenvalue weighted by molar-refractivity contribution is 7.13. The predicted octanol–water partition coefficient (Wildman–Crippen LogP) is 4.59. The molecule has 1 amide bonds. The molecule has 2 heterocycles. The van der Waals surface area contributed by atoms with Crippen LogP contribution in [0.1, 0.15) is 26.1 Å². The molecule has 4 rings (SSSR count). The molecule has 0 saturated carbocycles. The van der Waals surface area contributed by atoms with Gasteiger partial charge in [0.1, 0.15) is 16.5 Å². The number of furan rings is 1. The summed E-state index contributed by atoms with van der Waals surface area (Å²) in [7, 11) is 1.60. The summed E-state index contributed by atoms with van der Waals surface area (Å²) in [4.78, 5) is 14.8. The van der Waals surface area contributed by atoms with Crippen LogP contribution >= 0.6 is 11.3 Å². The maximum absolute atomic E-state index is 12.6. The van der Waals surface area contributed by atoms with Gasteiger partial charge in [0.05, 0.1) is 26.5 Å². The molecule has 2 aromatic heterocycles. The Bertz CT molecular complexity index is 1100. The van der Waals surface area contributed by atoms with Crippen molar-refractivity contribution >= 4 is 22.9 Å². The first kappa shape index (κ1) is 20.8. The molecule has 0 bridgehead atoms. The van der Waals surface area contributed by atoms with E-state index in [4.69, 9.17) is 9.15 Å². The van der Waals surface area contributed by atoms with E-state index < -0.39 is 0 Å². The zero-order chi connectivity index (χ0) is 21.5. The van der Waals surface area contributed by atoms with E-state index in [9.17, 15) is 4.79 Å². The van der Waals surface area contributed by atoms with Crippen molar-refractivity contribution in [3.63, 3.8) is 0 Å². The van der Waals surface area contributed by atoms with E-state index in [-0.39, 0.29) is 5.91 Å². The minimum atomic E-state index is -0.283. The third kappa shape index (κ3) is 5.78. The van der Waals surface area contributed by atoms with E-state index in [0.29, 0.717) is 23.8 Å². The number of ether oxygens (including phenoxy) is 1. The van der Waals surface area contributed by atoms with Crippen molar-refractivity contribution in [1.29, 1.82) is 0 Å². The highest BCUT2D eigenvalue weighted by Crippen LogP contribution is 2.19. The van der Waals surface area contributed by atoms with E-state index in [1.54, 1.807) is 37.6 Å². The van der Waals surface area contributed by atoms with Gasteiger partial charge in [-0.25, -0.2) is 0 Å². The van der Waals surface area contributed by atoms with Gasteiger partial charge in [-0.1, -0.05) is 41.7 Å². The monoisotopic (exact) mass is 434 g/mol. The maximum Gasteiger partial charge on any atom is 0.286 e. The van der Waals surface area contributed by atoms with Crippen LogP contribution in [0.25, 0.3) is 0 Å². The Labute approximate surface area is 184 Å². The molecule has 158 valence electrons. The first-order chi connectivity index (χ1) is 15.2. The van der Waals surface area contributed by atoms with Gasteiger partial charge in [-0.3, -0.25) is 9.69 Å². The normalized spacial score (nSPS) is 10.9. The first-order valence-corrected chi connectivity index (χ1v) is 10.6. The van der Waals surface area contributed by atoms with E-state index in [1.807, 2.05) is 30.3 Å². The van der Waals surface area contributed by atoms with Crippen LogP contribution in [0, 0.1) is 0 Å². The molecule has 31 heavy (non-hydrogen) atoms. The molecule has 0 spiro atoms. The number of amides is 1. The third-order valence-corrected chi connectivity index (χ3v) is 5.48. The standard InChI is InChI=1S/C23H22N4O3S/c1-29-19-11-9-18(10-12-19)24-22(28)23-26-25-21(31-23)16-27(15-20-8-5-13-30-20)14-17-6-3-2-4-7-17/h2-13H,14-16H2,1H3,(H,24,28). The fourth-order valence-corrected chi connectivity index (χ4v) is 3.87. The second-order valence-corrected chi connectivity index (χ2v) is 7.96. The van der Waals surface area contributed by atoms with Gasteiger partial charge in [0.2, 0.25) is 5.01 Å². The van der Waals surface area contributed by atoms with Crippen LogP contribution in [-0.2, 0) is 19.6 Å². The Morgan fingerprint density at radius 3 is 2.52 bits per heavy atom. The molecule has 2 aromatic carbocycles.